The second kappa shape index (κ2) is 9.50. The van der Waals surface area contributed by atoms with Crippen LogP contribution in [0.5, 0.6) is 0 Å². The first-order valence-electron chi connectivity index (χ1n) is 9.70. The van der Waals surface area contributed by atoms with Crippen molar-refractivity contribution >= 4 is 0 Å². The minimum absolute atomic E-state index is 0.111. The van der Waals surface area contributed by atoms with E-state index in [1.807, 2.05) is 13.0 Å². The highest BCUT2D eigenvalue weighted by Crippen LogP contribution is 2.33. The van der Waals surface area contributed by atoms with Crippen LogP contribution in [0.2, 0.25) is 0 Å². The van der Waals surface area contributed by atoms with Gasteiger partial charge >= 0.3 is 0 Å². The summed E-state index contributed by atoms with van der Waals surface area (Å²) in [6, 6.07) is 31.9. The van der Waals surface area contributed by atoms with E-state index in [0.717, 1.165) is 13.1 Å². The highest BCUT2D eigenvalue weighted by atomic mass is 16.3. The van der Waals surface area contributed by atoms with E-state index in [4.69, 9.17) is 0 Å². The number of nitrogens with zero attached hydrogens (tertiary/aromatic N) is 1. The molecular weight excluding hydrogens is 330 g/mol. The molecule has 0 bridgehead atoms. The lowest BCUT2D eigenvalue weighted by molar-refractivity contribution is 0.0465. The summed E-state index contributed by atoms with van der Waals surface area (Å²) in [6.45, 7) is 5.72. The predicted molar refractivity (Wildman–Crippen MR) is 112 cm³/mol. The molecule has 2 heteroatoms. The number of hydrogen-bond donors (Lipinski definition) is 1. The Balaban J connectivity index is 1.98. The van der Waals surface area contributed by atoms with Crippen LogP contribution in [0.15, 0.2) is 91.0 Å². The summed E-state index contributed by atoms with van der Waals surface area (Å²) in [7, 11) is 0. The third-order valence-corrected chi connectivity index (χ3v) is 5.25. The third-order valence-electron chi connectivity index (χ3n) is 5.25. The molecule has 0 heterocycles. The van der Waals surface area contributed by atoms with Gasteiger partial charge in [-0.2, -0.15) is 0 Å². The van der Waals surface area contributed by atoms with Crippen LogP contribution in [0, 0.1) is 5.92 Å². The van der Waals surface area contributed by atoms with Crippen molar-refractivity contribution < 1.29 is 5.11 Å². The maximum atomic E-state index is 10.4. The number of hydrogen-bond acceptors (Lipinski definition) is 2. The molecule has 0 fully saturated rings. The average molecular weight is 360 g/mol. The number of rotatable bonds is 8. The number of aliphatic hydroxyl groups is 1. The summed E-state index contributed by atoms with van der Waals surface area (Å²) in [5.74, 6) is 0.111. The van der Waals surface area contributed by atoms with Crippen molar-refractivity contribution in [3.8, 4) is 0 Å². The first kappa shape index (κ1) is 19.3. The highest BCUT2D eigenvalue weighted by molar-refractivity contribution is 5.23. The van der Waals surface area contributed by atoms with E-state index < -0.39 is 0 Å². The Morgan fingerprint density at radius 1 is 0.667 bits per heavy atom. The van der Waals surface area contributed by atoms with Crippen molar-refractivity contribution in [2.45, 2.75) is 39.1 Å². The summed E-state index contributed by atoms with van der Waals surface area (Å²) < 4.78 is 0. The molecular formula is C25H29NO. The molecule has 3 aromatic rings. The van der Waals surface area contributed by atoms with Gasteiger partial charge in [-0.15, -0.1) is 0 Å². The molecule has 3 aromatic carbocycles. The van der Waals surface area contributed by atoms with E-state index >= 15 is 0 Å². The Labute approximate surface area is 163 Å². The molecule has 0 aliphatic carbocycles. The van der Waals surface area contributed by atoms with Crippen LogP contribution in [-0.2, 0) is 13.1 Å². The van der Waals surface area contributed by atoms with Crippen LogP contribution < -0.4 is 0 Å². The van der Waals surface area contributed by atoms with Gasteiger partial charge in [0, 0.05) is 25.0 Å². The predicted octanol–water partition coefficient (Wildman–Crippen LogP) is 5.45. The van der Waals surface area contributed by atoms with Gasteiger partial charge in [0.15, 0.2) is 0 Å². The number of benzene rings is 3. The first-order chi connectivity index (χ1) is 13.1. The zero-order valence-electron chi connectivity index (χ0n) is 16.2. The minimum Gasteiger partial charge on any atom is -0.393 e. The molecule has 27 heavy (non-hydrogen) atoms. The van der Waals surface area contributed by atoms with Crippen molar-refractivity contribution in [2.24, 2.45) is 5.92 Å². The Hall–Kier alpha value is -2.42. The van der Waals surface area contributed by atoms with Crippen LogP contribution in [-0.4, -0.2) is 16.1 Å². The third kappa shape index (κ3) is 5.29. The summed E-state index contributed by atoms with van der Waals surface area (Å²) in [6.07, 6.45) is -0.385. The van der Waals surface area contributed by atoms with Gasteiger partial charge in [0.05, 0.1) is 6.10 Å². The SMILES string of the molecule is C[C@@H]([C@@H](C)O)[C@H](c1ccccc1)N(Cc1ccccc1)Cc1ccccc1. The zero-order valence-corrected chi connectivity index (χ0v) is 16.2. The van der Waals surface area contributed by atoms with Gasteiger partial charge in [0.25, 0.3) is 0 Å². The Bertz CT molecular complexity index is 745. The normalized spacial score (nSPS) is 14.7. The van der Waals surface area contributed by atoms with E-state index in [1.165, 1.54) is 16.7 Å². The molecule has 2 nitrogen and oxygen atoms in total. The van der Waals surface area contributed by atoms with Crippen LogP contribution >= 0.6 is 0 Å². The molecule has 0 unspecified atom stereocenters. The highest BCUT2D eigenvalue weighted by Gasteiger charge is 2.29. The van der Waals surface area contributed by atoms with E-state index in [0.29, 0.717) is 0 Å². The lowest BCUT2D eigenvalue weighted by atomic mass is 9.88. The largest absolute Gasteiger partial charge is 0.393 e. The molecule has 3 atom stereocenters. The molecule has 0 saturated carbocycles. The zero-order chi connectivity index (χ0) is 19.1. The Morgan fingerprint density at radius 3 is 1.48 bits per heavy atom. The molecule has 0 radical (unpaired) electrons. The fourth-order valence-electron chi connectivity index (χ4n) is 3.65. The van der Waals surface area contributed by atoms with Gasteiger partial charge in [-0.25, -0.2) is 0 Å². The van der Waals surface area contributed by atoms with Crippen molar-refractivity contribution in [3.63, 3.8) is 0 Å². The molecule has 140 valence electrons. The molecule has 0 saturated heterocycles. The standard InChI is InChI=1S/C25H29NO/c1-20(21(2)27)25(24-16-10-5-11-17-24)26(18-22-12-6-3-7-13-22)19-23-14-8-4-9-15-23/h3-17,20-21,25,27H,18-19H2,1-2H3/t20-,21+,25+/m0/s1. The second-order valence-corrected chi connectivity index (χ2v) is 7.33. The van der Waals surface area contributed by atoms with E-state index in [-0.39, 0.29) is 18.1 Å². The topological polar surface area (TPSA) is 23.5 Å². The smallest absolute Gasteiger partial charge is 0.0555 e. The molecule has 0 aliphatic heterocycles. The van der Waals surface area contributed by atoms with E-state index in [1.54, 1.807) is 0 Å². The molecule has 0 aromatic heterocycles. The van der Waals surface area contributed by atoms with E-state index in [2.05, 4.69) is 96.8 Å². The summed E-state index contributed by atoms with van der Waals surface area (Å²) >= 11 is 0. The van der Waals surface area contributed by atoms with Crippen molar-refractivity contribution in [1.29, 1.82) is 0 Å². The monoisotopic (exact) mass is 359 g/mol. The van der Waals surface area contributed by atoms with Crippen LogP contribution in [0.4, 0.5) is 0 Å². The van der Waals surface area contributed by atoms with Gasteiger partial charge in [-0.1, -0.05) is 97.9 Å². The first-order valence-corrected chi connectivity index (χ1v) is 9.70. The molecule has 3 rings (SSSR count). The van der Waals surface area contributed by atoms with Crippen LogP contribution in [0.1, 0.15) is 36.6 Å². The van der Waals surface area contributed by atoms with Crippen LogP contribution in [0.3, 0.4) is 0 Å². The summed E-state index contributed by atoms with van der Waals surface area (Å²) in [5.41, 5.74) is 3.82. The quantitative estimate of drug-likeness (QED) is 0.578. The summed E-state index contributed by atoms with van der Waals surface area (Å²) in [4.78, 5) is 2.48. The Morgan fingerprint density at radius 2 is 1.07 bits per heavy atom. The van der Waals surface area contributed by atoms with Gasteiger partial charge < -0.3 is 5.11 Å². The lowest BCUT2D eigenvalue weighted by Gasteiger charge is -2.37. The van der Waals surface area contributed by atoms with Crippen molar-refractivity contribution in [1.82, 2.24) is 4.90 Å². The molecule has 1 N–H and O–H groups in total. The fraction of sp³-hybridized carbons (Fsp3) is 0.280. The minimum atomic E-state index is -0.385. The number of aliphatic hydroxyl groups excluding tert-OH is 1. The lowest BCUT2D eigenvalue weighted by Crippen LogP contribution is -2.36. The van der Waals surface area contributed by atoms with Gasteiger partial charge in [0.2, 0.25) is 0 Å². The van der Waals surface area contributed by atoms with Crippen LogP contribution in [0.25, 0.3) is 0 Å². The molecule has 0 amide bonds. The van der Waals surface area contributed by atoms with Gasteiger partial charge in [-0.05, 0) is 23.6 Å². The fourth-order valence-corrected chi connectivity index (χ4v) is 3.65. The maximum Gasteiger partial charge on any atom is 0.0555 e. The molecule has 0 spiro atoms. The molecule has 0 aliphatic rings. The van der Waals surface area contributed by atoms with E-state index in [9.17, 15) is 5.11 Å². The van der Waals surface area contributed by atoms with Crippen molar-refractivity contribution in [2.75, 3.05) is 0 Å². The van der Waals surface area contributed by atoms with Gasteiger partial charge in [0.1, 0.15) is 0 Å². The van der Waals surface area contributed by atoms with Gasteiger partial charge in [-0.3, -0.25) is 4.90 Å². The summed E-state index contributed by atoms with van der Waals surface area (Å²) in [5, 5.41) is 10.4. The Kier molecular flexibility index (Phi) is 6.80. The second-order valence-electron chi connectivity index (χ2n) is 7.33. The maximum absolute atomic E-state index is 10.4. The van der Waals surface area contributed by atoms with Crippen molar-refractivity contribution in [3.05, 3.63) is 108 Å². The average Bonchev–Trinajstić information content (AvgIpc) is 2.70.